The molecule has 0 atom stereocenters. The molecular formula is C21H27N7O2. The molecule has 30 heavy (non-hydrogen) atoms. The van der Waals surface area contributed by atoms with E-state index in [-0.39, 0.29) is 6.10 Å². The van der Waals surface area contributed by atoms with Crippen molar-refractivity contribution in [3.63, 3.8) is 0 Å². The Labute approximate surface area is 175 Å². The zero-order chi connectivity index (χ0) is 20.3. The second kappa shape index (κ2) is 8.43. The van der Waals surface area contributed by atoms with Gasteiger partial charge in [0.2, 0.25) is 11.8 Å². The molecule has 0 amide bonds. The highest BCUT2D eigenvalue weighted by Crippen LogP contribution is 2.31. The predicted octanol–water partition coefficient (Wildman–Crippen LogP) is 2.40. The van der Waals surface area contributed by atoms with Crippen LogP contribution in [0.15, 0.2) is 30.7 Å². The van der Waals surface area contributed by atoms with Crippen LogP contribution >= 0.6 is 0 Å². The van der Waals surface area contributed by atoms with Gasteiger partial charge in [0, 0.05) is 38.4 Å². The Hall–Kier alpha value is -2.94. The average molecular weight is 409 g/mol. The van der Waals surface area contributed by atoms with E-state index < -0.39 is 0 Å². The number of ether oxygens (including phenoxy) is 2. The summed E-state index contributed by atoms with van der Waals surface area (Å²) in [4.78, 5) is 15.9. The summed E-state index contributed by atoms with van der Waals surface area (Å²) in [5.41, 5.74) is 0.917. The third-order valence-corrected chi connectivity index (χ3v) is 5.77. The van der Waals surface area contributed by atoms with Gasteiger partial charge in [-0.25, -0.2) is 4.98 Å². The van der Waals surface area contributed by atoms with Crippen LogP contribution < -0.4 is 15.0 Å². The van der Waals surface area contributed by atoms with E-state index in [2.05, 4.69) is 25.3 Å². The molecule has 2 fully saturated rings. The van der Waals surface area contributed by atoms with Gasteiger partial charge < -0.3 is 19.7 Å². The molecule has 1 saturated carbocycles. The third-order valence-electron chi connectivity index (χ3n) is 5.77. The second-order valence-electron chi connectivity index (χ2n) is 7.93. The summed E-state index contributed by atoms with van der Waals surface area (Å²) >= 11 is 0. The van der Waals surface area contributed by atoms with Gasteiger partial charge in [0.1, 0.15) is 18.2 Å². The minimum absolute atomic E-state index is 0.149. The molecule has 0 aromatic carbocycles. The lowest BCUT2D eigenvalue weighted by molar-refractivity contribution is 0.122. The molecule has 3 aromatic rings. The monoisotopic (exact) mass is 409 g/mol. The summed E-state index contributed by atoms with van der Waals surface area (Å²) in [6.07, 6.45) is 7.65. The first-order chi connectivity index (χ1) is 14.7. The van der Waals surface area contributed by atoms with Crippen LogP contribution in [0.1, 0.15) is 25.7 Å². The number of aryl methyl sites for hydroxylation is 1. The van der Waals surface area contributed by atoms with E-state index in [1.807, 2.05) is 31.4 Å². The van der Waals surface area contributed by atoms with Crippen molar-refractivity contribution < 1.29 is 9.47 Å². The summed E-state index contributed by atoms with van der Waals surface area (Å²) in [7, 11) is 1.88. The normalized spacial score (nSPS) is 22.2. The van der Waals surface area contributed by atoms with Gasteiger partial charge in [-0.1, -0.05) is 0 Å². The number of hydrogen-bond acceptors (Lipinski definition) is 8. The fourth-order valence-corrected chi connectivity index (χ4v) is 4.15. The van der Waals surface area contributed by atoms with Crippen molar-refractivity contribution in [1.82, 2.24) is 24.7 Å². The average Bonchev–Trinajstić information content (AvgIpc) is 3.20. The summed E-state index contributed by atoms with van der Waals surface area (Å²) in [5.74, 6) is 2.29. The van der Waals surface area contributed by atoms with Gasteiger partial charge in [-0.3, -0.25) is 9.67 Å². The zero-order valence-electron chi connectivity index (χ0n) is 17.2. The molecule has 9 heteroatoms. The number of aromatic nitrogens is 5. The highest BCUT2D eigenvalue weighted by Gasteiger charge is 2.25. The quantitative estimate of drug-likeness (QED) is 0.687. The van der Waals surface area contributed by atoms with Crippen molar-refractivity contribution in [3.8, 4) is 5.88 Å². The van der Waals surface area contributed by atoms with E-state index in [4.69, 9.17) is 14.5 Å². The predicted molar refractivity (Wildman–Crippen MR) is 114 cm³/mol. The summed E-state index contributed by atoms with van der Waals surface area (Å²) in [5, 5.41) is 8.70. The molecule has 3 aromatic heterocycles. The van der Waals surface area contributed by atoms with Gasteiger partial charge in [0.05, 0.1) is 24.1 Å². The minimum atomic E-state index is 0.149. The fraction of sp³-hybridized carbons (Fsp3) is 0.524. The van der Waals surface area contributed by atoms with Crippen molar-refractivity contribution in [2.45, 2.75) is 37.8 Å². The topological polar surface area (TPSA) is 90.2 Å². The maximum Gasteiger partial charge on any atom is 0.242 e. The lowest BCUT2D eigenvalue weighted by Gasteiger charge is -2.30. The first-order valence-corrected chi connectivity index (χ1v) is 10.6. The molecule has 4 heterocycles. The molecule has 5 rings (SSSR count). The molecule has 1 aliphatic carbocycles. The van der Waals surface area contributed by atoms with Crippen molar-refractivity contribution in [2.24, 2.45) is 7.05 Å². The maximum atomic E-state index is 6.43. The molecule has 1 N–H and O–H groups in total. The zero-order valence-corrected chi connectivity index (χ0v) is 17.2. The van der Waals surface area contributed by atoms with Crippen LogP contribution in [0.25, 0.3) is 10.9 Å². The molecular weight excluding hydrogens is 382 g/mol. The maximum absolute atomic E-state index is 6.43. The number of nitrogens with zero attached hydrogens (tertiary/aromatic N) is 6. The minimum Gasteiger partial charge on any atom is -0.474 e. The van der Waals surface area contributed by atoms with E-state index in [0.717, 1.165) is 68.7 Å². The van der Waals surface area contributed by atoms with Gasteiger partial charge >= 0.3 is 0 Å². The highest BCUT2D eigenvalue weighted by molar-refractivity contribution is 5.85. The highest BCUT2D eigenvalue weighted by atomic mass is 16.5. The number of rotatable bonds is 5. The number of morpholine rings is 1. The van der Waals surface area contributed by atoms with Gasteiger partial charge in [-0.2, -0.15) is 4.98 Å². The van der Waals surface area contributed by atoms with Crippen molar-refractivity contribution in [2.75, 3.05) is 36.5 Å². The number of pyridine rings is 2. The van der Waals surface area contributed by atoms with E-state index >= 15 is 0 Å². The lowest BCUT2D eigenvalue weighted by Crippen LogP contribution is -2.37. The van der Waals surface area contributed by atoms with Crippen LogP contribution in [0, 0.1) is 0 Å². The Kier molecular flexibility index (Phi) is 5.35. The van der Waals surface area contributed by atoms with Gasteiger partial charge in [-0.15, -0.1) is 5.10 Å². The molecule has 9 nitrogen and oxygen atoms in total. The number of hydrogen-bond donors (Lipinski definition) is 1. The van der Waals surface area contributed by atoms with Crippen LogP contribution in [0.3, 0.4) is 0 Å². The number of anilines is 2. The van der Waals surface area contributed by atoms with Crippen LogP contribution in [0.2, 0.25) is 0 Å². The second-order valence-corrected chi connectivity index (χ2v) is 7.93. The van der Waals surface area contributed by atoms with Gasteiger partial charge in [0.15, 0.2) is 0 Å². The molecule has 2 aliphatic rings. The molecule has 1 aliphatic heterocycles. The van der Waals surface area contributed by atoms with Crippen LogP contribution in [0.4, 0.5) is 11.8 Å². The Morgan fingerprint density at radius 3 is 2.73 bits per heavy atom. The first kappa shape index (κ1) is 19.0. The van der Waals surface area contributed by atoms with Gasteiger partial charge in [0.25, 0.3) is 0 Å². The number of nitrogens with one attached hydrogen (secondary N) is 1. The Bertz CT molecular complexity index is 994. The number of fused-ring (bicyclic) bond motifs is 1. The smallest absolute Gasteiger partial charge is 0.242 e. The summed E-state index contributed by atoms with van der Waals surface area (Å²) < 4.78 is 13.6. The van der Waals surface area contributed by atoms with Gasteiger partial charge in [-0.05, 0) is 37.8 Å². The van der Waals surface area contributed by atoms with Crippen LogP contribution in [-0.2, 0) is 11.8 Å². The van der Waals surface area contributed by atoms with Crippen LogP contribution in [0.5, 0.6) is 5.88 Å². The summed E-state index contributed by atoms with van der Waals surface area (Å²) in [6, 6.07) is 6.40. The largest absolute Gasteiger partial charge is 0.474 e. The fourth-order valence-electron chi connectivity index (χ4n) is 4.15. The van der Waals surface area contributed by atoms with E-state index in [1.54, 1.807) is 11.0 Å². The van der Waals surface area contributed by atoms with Crippen molar-refractivity contribution in [3.05, 3.63) is 30.7 Å². The molecule has 0 unspecified atom stereocenters. The molecule has 0 spiro atoms. The third kappa shape index (κ3) is 4.16. The summed E-state index contributed by atoms with van der Waals surface area (Å²) in [6.45, 7) is 3.12. The van der Waals surface area contributed by atoms with Crippen LogP contribution in [-0.4, -0.2) is 63.2 Å². The molecule has 0 radical (unpaired) electrons. The van der Waals surface area contributed by atoms with Crippen molar-refractivity contribution >= 4 is 22.7 Å². The first-order valence-electron chi connectivity index (χ1n) is 10.6. The van der Waals surface area contributed by atoms with E-state index in [1.165, 1.54) is 0 Å². The Balaban J connectivity index is 1.29. The Morgan fingerprint density at radius 2 is 1.97 bits per heavy atom. The molecule has 0 bridgehead atoms. The lowest BCUT2D eigenvalue weighted by atomic mass is 9.93. The molecule has 1 saturated heterocycles. The Morgan fingerprint density at radius 1 is 1.13 bits per heavy atom. The SMILES string of the molecule is Cn1cnc(NC2CCC(Oc3nc(N4CCOCC4)cc4ncccc34)CC2)n1. The molecule has 158 valence electrons. The standard InChI is InChI=1S/C21H27N7O2/c1-27-14-23-21(26-27)24-15-4-6-16(7-5-15)30-20-17-3-2-8-22-18(17)13-19(25-20)28-9-11-29-12-10-28/h2-3,8,13-16H,4-7,9-12H2,1H3,(H,24,26). The van der Waals surface area contributed by atoms with E-state index in [9.17, 15) is 0 Å². The van der Waals surface area contributed by atoms with Crippen molar-refractivity contribution in [1.29, 1.82) is 0 Å². The van der Waals surface area contributed by atoms with E-state index in [0.29, 0.717) is 17.9 Å².